The largest absolute Gasteiger partial charge is 0.488 e. The number of aromatic nitrogens is 1. The maximum absolute atomic E-state index is 11.6. The van der Waals surface area contributed by atoms with Crippen LogP contribution in [0.15, 0.2) is 12.3 Å². The van der Waals surface area contributed by atoms with Gasteiger partial charge in [0.1, 0.15) is 0 Å². The van der Waals surface area contributed by atoms with Gasteiger partial charge in [-0.05, 0) is 12.8 Å². The van der Waals surface area contributed by atoms with E-state index in [9.17, 15) is 4.79 Å². The summed E-state index contributed by atoms with van der Waals surface area (Å²) in [5, 5.41) is 2.56. The minimum Gasteiger partial charge on any atom is -0.488 e. The van der Waals surface area contributed by atoms with Crippen molar-refractivity contribution < 1.29 is 14.3 Å². The Morgan fingerprint density at radius 1 is 1.56 bits per heavy atom. The van der Waals surface area contributed by atoms with Gasteiger partial charge in [-0.1, -0.05) is 0 Å². The summed E-state index contributed by atoms with van der Waals surface area (Å²) in [6, 6.07) is 1.58. The average molecular weight is 222 g/mol. The number of pyridine rings is 1. The van der Waals surface area contributed by atoms with Crippen LogP contribution in [-0.4, -0.2) is 31.2 Å². The molecule has 5 heteroatoms. The smallest absolute Gasteiger partial charge is 0.255 e. The van der Waals surface area contributed by atoms with Crippen LogP contribution in [0.25, 0.3) is 0 Å². The number of hydrogen-bond donors (Lipinski definition) is 1. The van der Waals surface area contributed by atoms with Gasteiger partial charge in [-0.3, -0.25) is 4.79 Å². The third kappa shape index (κ3) is 2.24. The molecule has 0 atom stereocenters. The lowest BCUT2D eigenvalue weighted by Gasteiger charge is -2.10. The molecule has 1 aliphatic rings. The summed E-state index contributed by atoms with van der Waals surface area (Å²) in [5.41, 5.74) is 0.459. The minimum atomic E-state index is -0.198. The molecule has 2 rings (SSSR count). The van der Waals surface area contributed by atoms with Gasteiger partial charge < -0.3 is 14.8 Å². The molecule has 1 saturated carbocycles. The highest BCUT2D eigenvalue weighted by Crippen LogP contribution is 2.29. The second kappa shape index (κ2) is 4.38. The Labute approximate surface area is 93.8 Å². The highest BCUT2D eigenvalue weighted by atomic mass is 16.5. The first-order valence-electron chi connectivity index (χ1n) is 5.17. The Morgan fingerprint density at radius 3 is 2.88 bits per heavy atom. The molecular weight excluding hydrogens is 208 g/mol. The van der Waals surface area contributed by atoms with Gasteiger partial charge in [-0.15, -0.1) is 0 Å². The van der Waals surface area contributed by atoms with Crippen LogP contribution in [0.1, 0.15) is 23.2 Å². The predicted molar refractivity (Wildman–Crippen MR) is 57.8 cm³/mol. The monoisotopic (exact) mass is 222 g/mol. The molecule has 0 aromatic carbocycles. The Morgan fingerprint density at radius 2 is 2.31 bits per heavy atom. The summed E-state index contributed by atoms with van der Waals surface area (Å²) in [4.78, 5) is 15.7. The molecule has 0 bridgehead atoms. The number of carbonyl (C=O) groups is 1. The van der Waals surface area contributed by atoms with Crippen LogP contribution in [0.3, 0.4) is 0 Å². The fourth-order valence-corrected chi connectivity index (χ4v) is 1.31. The molecule has 16 heavy (non-hydrogen) atoms. The lowest BCUT2D eigenvalue weighted by molar-refractivity contribution is 0.0958. The number of carbonyl (C=O) groups excluding carboxylic acids is 1. The van der Waals surface area contributed by atoms with Crippen molar-refractivity contribution >= 4 is 5.91 Å². The van der Waals surface area contributed by atoms with Gasteiger partial charge in [0.15, 0.2) is 5.75 Å². The van der Waals surface area contributed by atoms with Crippen molar-refractivity contribution in [3.8, 4) is 11.6 Å². The summed E-state index contributed by atoms with van der Waals surface area (Å²) in [5.74, 6) is 0.723. The predicted octanol–water partition coefficient (Wildman–Crippen LogP) is 0.991. The van der Waals surface area contributed by atoms with Crippen LogP contribution in [0.5, 0.6) is 11.6 Å². The summed E-state index contributed by atoms with van der Waals surface area (Å²) in [6.45, 7) is 0. The number of nitrogens with one attached hydrogen (secondary N) is 1. The summed E-state index contributed by atoms with van der Waals surface area (Å²) < 4.78 is 10.6. The number of rotatable bonds is 4. The topological polar surface area (TPSA) is 60.5 Å². The van der Waals surface area contributed by atoms with E-state index in [4.69, 9.17) is 9.47 Å². The summed E-state index contributed by atoms with van der Waals surface area (Å²) >= 11 is 0. The van der Waals surface area contributed by atoms with Crippen molar-refractivity contribution in [2.75, 3.05) is 14.2 Å². The van der Waals surface area contributed by atoms with Gasteiger partial charge in [0, 0.05) is 13.1 Å². The van der Waals surface area contributed by atoms with Gasteiger partial charge in [-0.2, -0.15) is 0 Å². The first-order chi connectivity index (χ1) is 7.74. The van der Waals surface area contributed by atoms with Crippen molar-refractivity contribution in [1.29, 1.82) is 0 Å². The summed E-state index contributed by atoms with van der Waals surface area (Å²) in [6.07, 6.45) is 3.85. The lowest BCUT2D eigenvalue weighted by atomic mass is 10.2. The van der Waals surface area contributed by atoms with E-state index in [0.717, 1.165) is 12.8 Å². The number of hydrogen-bond acceptors (Lipinski definition) is 4. The molecule has 1 aromatic heterocycles. The average Bonchev–Trinajstić information content (AvgIpc) is 3.12. The van der Waals surface area contributed by atoms with E-state index in [0.29, 0.717) is 17.2 Å². The van der Waals surface area contributed by atoms with Crippen molar-refractivity contribution in [3.63, 3.8) is 0 Å². The SMILES string of the molecule is CNC(=O)c1cc(OC)ncc1OC1CC1. The van der Waals surface area contributed by atoms with Crippen molar-refractivity contribution in [3.05, 3.63) is 17.8 Å². The Kier molecular flexibility index (Phi) is 2.94. The Bertz CT molecular complexity index is 402. The molecule has 1 amide bonds. The molecule has 0 radical (unpaired) electrons. The number of amides is 1. The molecule has 1 heterocycles. The maximum atomic E-state index is 11.6. The molecule has 0 unspecified atom stereocenters. The van der Waals surface area contributed by atoms with Crippen molar-refractivity contribution in [2.24, 2.45) is 0 Å². The molecule has 5 nitrogen and oxygen atoms in total. The Balaban J connectivity index is 2.29. The van der Waals surface area contributed by atoms with Crippen LogP contribution < -0.4 is 14.8 Å². The third-order valence-electron chi connectivity index (χ3n) is 2.34. The van der Waals surface area contributed by atoms with E-state index < -0.39 is 0 Å². The van der Waals surface area contributed by atoms with E-state index in [1.165, 1.54) is 13.3 Å². The van der Waals surface area contributed by atoms with Crippen LogP contribution in [0, 0.1) is 0 Å². The molecule has 1 aromatic rings. The van der Waals surface area contributed by atoms with E-state index in [-0.39, 0.29) is 12.0 Å². The number of ether oxygens (including phenoxy) is 2. The maximum Gasteiger partial charge on any atom is 0.255 e. The fraction of sp³-hybridized carbons (Fsp3) is 0.455. The van der Waals surface area contributed by atoms with Crippen molar-refractivity contribution in [2.45, 2.75) is 18.9 Å². The fourth-order valence-electron chi connectivity index (χ4n) is 1.31. The zero-order valence-corrected chi connectivity index (χ0v) is 9.32. The molecule has 0 saturated heterocycles. The zero-order chi connectivity index (χ0) is 11.5. The van der Waals surface area contributed by atoms with Gasteiger partial charge >= 0.3 is 0 Å². The van der Waals surface area contributed by atoms with Crippen LogP contribution >= 0.6 is 0 Å². The standard InChI is InChI=1S/C11H14N2O3/c1-12-11(14)8-5-10(15-2)13-6-9(8)16-7-3-4-7/h5-7H,3-4H2,1-2H3,(H,12,14). The van der Waals surface area contributed by atoms with Crippen LogP contribution in [-0.2, 0) is 0 Å². The number of nitrogens with zero attached hydrogens (tertiary/aromatic N) is 1. The first kappa shape index (κ1) is 10.7. The molecule has 1 N–H and O–H groups in total. The zero-order valence-electron chi connectivity index (χ0n) is 9.32. The highest BCUT2D eigenvalue weighted by molar-refractivity contribution is 5.96. The molecular formula is C11H14N2O3. The van der Waals surface area contributed by atoms with Crippen LogP contribution in [0.4, 0.5) is 0 Å². The normalized spacial score (nSPS) is 14.4. The van der Waals surface area contributed by atoms with Gasteiger partial charge in [0.25, 0.3) is 5.91 Å². The molecule has 1 aliphatic carbocycles. The molecule has 86 valence electrons. The second-order valence-corrected chi connectivity index (χ2v) is 3.62. The van der Waals surface area contributed by atoms with Gasteiger partial charge in [0.05, 0.1) is 25.0 Å². The first-order valence-corrected chi connectivity index (χ1v) is 5.17. The van der Waals surface area contributed by atoms with E-state index in [2.05, 4.69) is 10.3 Å². The molecule has 0 aliphatic heterocycles. The van der Waals surface area contributed by atoms with Crippen LogP contribution in [0.2, 0.25) is 0 Å². The quantitative estimate of drug-likeness (QED) is 0.825. The van der Waals surface area contributed by atoms with Gasteiger partial charge in [0.2, 0.25) is 5.88 Å². The molecule has 1 fully saturated rings. The highest BCUT2D eigenvalue weighted by Gasteiger charge is 2.26. The minimum absolute atomic E-state index is 0.198. The number of methoxy groups -OCH3 is 1. The van der Waals surface area contributed by atoms with E-state index >= 15 is 0 Å². The van der Waals surface area contributed by atoms with E-state index in [1.54, 1.807) is 13.1 Å². The summed E-state index contributed by atoms with van der Waals surface area (Å²) in [7, 11) is 3.09. The third-order valence-corrected chi connectivity index (χ3v) is 2.34. The lowest BCUT2D eigenvalue weighted by Crippen LogP contribution is -2.19. The van der Waals surface area contributed by atoms with Crippen molar-refractivity contribution in [1.82, 2.24) is 10.3 Å². The van der Waals surface area contributed by atoms with Gasteiger partial charge in [-0.25, -0.2) is 4.98 Å². The second-order valence-electron chi connectivity index (χ2n) is 3.62. The molecule has 0 spiro atoms. The Hall–Kier alpha value is -1.78. The van der Waals surface area contributed by atoms with E-state index in [1.807, 2.05) is 0 Å².